The molecule has 0 saturated heterocycles. The molecule has 0 fully saturated rings. The van der Waals surface area contributed by atoms with Gasteiger partial charge in [0.05, 0.1) is 7.11 Å². The molecule has 0 unspecified atom stereocenters. The summed E-state index contributed by atoms with van der Waals surface area (Å²) < 4.78 is 10.5. The van der Waals surface area contributed by atoms with Crippen LogP contribution in [0.1, 0.15) is 11.1 Å². The summed E-state index contributed by atoms with van der Waals surface area (Å²) in [6.07, 6.45) is 3.05. The third kappa shape index (κ3) is 5.82. The summed E-state index contributed by atoms with van der Waals surface area (Å²) >= 11 is 6.05. The molecule has 7 heteroatoms. The van der Waals surface area contributed by atoms with Crippen molar-refractivity contribution < 1.29 is 19.1 Å². The zero-order chi connectivity index (χ0) is 18.9. The summed E-state index contributed by atoms with van der Waals surface area (Å²) in [6.45, 7) is 0.0993. The van der Waals surface area contributed by atoms with Gasteiger partial charge in [0.1, 0.15) is 0 Å². The Morgan fingerprint density at radius 2 is 1.96 bits per heavy atom. The zero-order valence-electron chi connectivity index (χ0n) is 14.2. The Kier molecular flexibility index (Phi) is 7.05. The number of methoxy groups -OCH3 is 1. The molecule has 0 aliphatic heterocycles. The Hall–Kier alpha value is -2.99. The standard InChI is InChI=1S/C19H19ClN2O4/c1-25-17-10-13(6-8-16(17)26-12-18(21)23)7-9-19(24)22-11-14-4-2-3-5-15(14)20/h2-10H,11-12H2,1H3,(H2,21,23)(H,22,24)/b9-7+. The number of nitrogens with two attached hydrogens (primary N) is 1. The second kappa shape index (κ2) is 9.48. The molecule has 0 heterocycles. The average molecular weight is 375 g/mol. The van der Waals surface area contributed by atoms with Gasteiger partial charge < -0.3 is 20.5 Å². The van der Waals surface area contributed by atoms with Crippen LogP contribution in [0.25, 0.3) is 6.08 Å². The van der Waals surface area contributed by atoms with Crippen LogP contribution in [0, 0.1) is 0 Å². The van der Waals surface area contributed by atoms with Crippen LogP contribution in [-0.4, -0.2) is 25.5 Å². The van der Waals surface area contributed by atoms with Gasteiger partial charge in [-0.1, -0.05) is 35.9 Å². The smallest absolute Gasteiger partial charge is 0.255 e. The first-order chi connectivity index (χ1) is 12.5. The molecule has 2 rings (SSSR count). The number of benzene rings is 2. The molecule has 0 radical (unpaired) electrons. The highest BCUT2D eigenvalue weighted by atomic mass is 35.5. The number of hydrogen-bond acceptors (Lipinski definition) is 4. The molecule has 0 bridgehead atoms. The Morgan fingerprint density at radius 3 is 2.65 bits per heavy atom. The van der Waals surface area contributed by atoms with Crippen LogP contribution in [0.3, 0.4) is 0 Å². The van der Waals surface area contributed by atoms with E-state index in [9.17, 15) is 9.59 Å². The molecule has 0 atom stereocenters. The monoisotopic (exact) mass is 374 g/mol. The molecule has 3 N–H and O–H groups in total. The van der Waals surface area contributed by atoms with Crippen molar-refractivity contribution in [2.45, 2.75) is 6.54 Å². The third-order valence-electron chi connectivity index (χ3n) is 3.40. The van der Waals surface area contributed by atoms with Crippen LogP contribution in [-0.2, 0) is 16.1 Å². The minimum Gasteiger partial charge on any atom is -0.493 e. The van der Waals surface area contributed by atoms with Crippen molar-refractivity contribution >= 4 is 29.5 Å². The van der Waals surface area contributed by atoms with E-state index in [2.05, 4.69) is 5.32 Å². The molecule has 26 heavy (non-hydrogen) atoms. The molecule has 136 valence electrons. The van der Waals surface area contributed by atoms with E-state index in [1.165, 1.54) is 13.2 Å². The van der Waals surface area contributed by atoms with Gasteiger partial charge in [-0.25, -0.2) is 0 Å². The normalized spacial score (nSPS) is 10.5. The summed E-state index contributed by atoms with van der Waals surface area (Å²) in [4.78, 5) is 22.7. The third-order valence-corrected chi connectivity index (χ3v) is 3.76. The molecule has 2 amide bonds. The van der Waals surface area contributed by atoms with Crippen LogP contribution < -0.4 is 20.5 Å². The molecule has 0 aliphatic rings. The minimum absolute atomic E-state index is 0.240. The highest BCUT2D eigenvalue weighted by Gasteiger charge is 2.07. The van der Waals surface area contributed by atoms with Crippen LogP contribution >= 0.6 is 11.6 Å². The van der Waals surface area contributed by atoms with Gasteiger partial charge in [-0.05, 0) is 35.4 Å². The van der Waals surface area contributed by atoms with Crippen LogP contribution in [0.2, 0.25) is 5.02 Å². The van der Waals surface area contributed by atoms with Crippen molar-refractivity contribution in [3.63, 3.8) is 0 Å². The predicted octanol–water partition coefficient (Wildman–Crippen LogP) is 2.54. The van der Waals surface area contributed by atoms with E-state index in [0.717, 1.165) is 11.1 Å². The Bertz CT molecular complexity index is 821. The number of nitrogens with one attached hydrogen (secondary N) is 1. The van der Waals surface area contributed by atoms with Gasteiger partial charge in [0.25, 0.3) is 5.91 Å². The molecule has 0 aromatic heterocycles. The fraction of sp³-hybridized carbons (Fsp3) is 0.158. The lowest BCUT2D eigenvalue weighted by Crippen LogP contribution is -2.20. The van der Waals surface area contributed by atoms with E-state index in [0.29, 0.717) is 23.1 Å². The number of amides is 2. The molecule has 0 aliphatic carbocycles. The van der Waals surface area contributed by atoms with Gasteiger partial charge in [0.15, 0.2) is 18.1 Å². The largest absolute Gasteiger partial charge is 0.493 e. The Labute approximate surface area is 156 Å². The molecular formula is C19H19ClN2O4. The summed E-state index contributed by atoms with van der Waals surface area (Å²) in [7, 11) is 1.48. The van der Waals surface area contributed by atoms with E-state index in [1.807, 2.05) is 18.2 Å². The van der Waals surface area contributed by atoms with E-state index in [-0.39, 0.29) is 12.5 Å². The van der Waals surface area contributed by atoms with E-state index in [4.69, 9.17) is 26.8 Å². The van der Waals surface area contributed by atoms with Gasteiger partial charge in [-0.15, -0.1) is 0 Å². The number of carbonyl (C=O) groups is 2. The Morgan fingerprint density at radius 1 is 1.19 bits per heavy atom. The molecule has 0 saturated carbocycles. The highest BCUT2D eigenvalue weighted by molar-refractivity contribution is 6.31. The molecule has 0 spiro atoms. The van der Waals surface area contributed by atoms with Gasteiger partial charge >= 0.3 is 0 Å². The predicted molar refractivity (Wildman–Crippen MR) is 100 cm³/mol. The van der Waals surface area contributed by atoms with Crippen molar-refractivity contribution in [1.29, 1.82) is 0 Å². The summed E-state index contributed by atoms with van der Waals surface area (Å²) in [5, 5.41) is 3.37. The van der Waals surface area contributed by atoms with Gasteiger partial charge in [0, 0.05) is 17.6 Å². The number of hydrogen-bond donors (Lipinski definition) is 2. The first-order valence-corrected chi connectivity index (χ1v) is 8.16. The van der Waals surface area contributed by atoms with Gasteiger partial charge in [-0.2, -0.15) is 0 Å². The fourth-order valence-electron chi connectivity index (χ4n) is 2.11. The van der Waals surface area contributed by atoms with Crippen LogP contribution in [0.15, 0.2) is 48.5 Å². The van der Waals surface area contributed by atoms with E-state index in [1.54, 1.807) is 30.3 Å². The van der Waals surface area contributed by atoms with E-state index < -0.39 is 5.91 Å². The van der Waals surface area contributed by atoms with Crippen molar-refractivity contribution in [3.05, 3.63) is 64.7 Å². The Balaban J connectivity index is 1.97. The second-order valence-corrected chi connectivity index (χ2v) is 5.72. The summed E-state index contributed by atoms with van der Waals surface area (Å²) in [5.74, 6) is 0.000606. The van der Waals surface area contributed by atoms with Crippen molar-refractivity contribution in [2.24, 2.45) is 5.73 Å². The minimum atomic E-state index is -0.578. The number of carbonyl (C=O) groups excluding carboxylic acids is 2. The molecule has 2 aromatic rings. The second-order valence-electron chi connectivity index (χ2n) is 5.31. The lowest BCUT2D eigenvalue weighted by atomic mass is 10.2. The van der Waals surface area contributed by atoms with Gasteiger partial charge in [0.2, 0.25) is 5.91 Å². The maximum absolute atomic E-state index is 12.0. The van der Waals surface area contributed by atoms with Crippen molar-refractivity contribution in [2.75, 3.05) is 13.7 Å². The number of primary amides is 1. The average Bonchev–Trinajstić information content (AvgIpc) is 2.64. The van der Waals surface area contributed by atoms with Crippen molar-refractivity contribution in [3.8, 4) is 11.5 Å². The number of rotatable bonds is 8. The van der Waals surface area contributed by atoms with Crippen LogP contribution in [0.5, 0.6) is 11.5 Å². The number of ether oxygens (including phenoxy) is 2. The first kappa shape index (κ1) is 19.3. The lowest BCUT2D eigenvalue weighted by molar-refractivity contribution is -0.120. The maximum Gasteiger partial charge on any atom is 0.255 e. The highest BCUT2D eigenvalue weighted by Crippen LogP contribution is 2.28. The summed E-state index contributed by atoms with van der Waals surface area (Å²) in [6, 6.07) is 12.4. The summed E-state index contributed by atoms with van der Waals surface area (Å²) in [5.41, 5.74) is 6.63. The molecule has 6 nitrogen and oxygen atoms in total. The lowest BCUT2D eigenvalue weighted by Gasteiger charge is -2.10. The topological polar surface area (TPSA) is 90.7 Å². The first-order valence-electron chi connectivity index (χ1n) is 7.78. The fourth-order valence-corrected chi connectivity index (χ4v) is 2.31. The maximum atomic E-state index is 12.0. The van der Waals surface area contributed by atoms with Crippen molar-refractivity contribution in [1.82, 2.24) is 5.32 Å². The van der Waals surface area contributed by atoms with E-state index >= 15 is 0 Å². The quantitative estimate of drug-likeness (QED) is 0.695. The zero-order valence-corrected chi connectivity index (χ0v) is 15.0. The molecule has 2 aromatic carbocycles. The molecular weight excluding hydrogens is 356 g/mol. The SMILES string of the molecule is COc1cc(/C=C/C(=O)NCc2ccccc2Cl)ccc1OCC(N)=O. The van der Waals surface area contributed by atoms with Crippen LogP contribution in [0.4, 0.5) is 0 Å². The number of halogens is 1. The van der Waals surface area contributed by atoms with Gasteiger partial charge in [-0.3, -0.25) is 9.59 Å².